The molecule has 0 bridgehead atoms. The summed E-state index contributed by atoms with van der Waals surface area (Å²) in [4.78, 5) is 11.7. The van der Waals surface area contributed by atoms with Gasteiger partial charge >= 0.3 is 5.97 Å². The highest BCUT2D eigenvalue weighted by molar-refractivity contribution is 5.92. The van der Waals surface area contributed by atoms with E-state index in [-0.39, 0.29) is 16.9 Å². The molecule has 1 unspecified atom stereocenters. The molecule has 0 aromatic heterocycles. The summed E-state index contributed by atoms with van der Waals surface area (Å²) >= 11 is 0. The molecule has 3 rings (SSSR count). The smallest absolute Gasteiger partial charge is 0.358 e. The Labute approximate surface area is 102 Å². The van der Waals surface area contributed by atoms with Crippen LogP contribution >= 0.6 is 0 Å². The fraction of sp³-hybridized carbons (Fsp3) is 0.0714. The summed E-state index contributed by atoms with van der Waals surface area (Å²) in [6.07, 6.45) is 0. The molecule has 0 saturated heterocycles. The highest BCUT2D eigenvalue weighted by atomic mass is 19.1. The zero-order chi connectivity index (χ0) is 12.8. The first-order valence-corrected chi connectivity index (χ1v) is 5.39. The maximum atomic E-state index is 15.0. The number of rotatable bonds is 1. The third-order valence-electron chi connectivity index (χ3n) is 2.98. The molecular formula is C14H8F2O2. The van der Waals surface area contributed by atoms with Crippen molar-refractivity contribution in [1.29, 1.82) is 0 Å². The molecule has 18 heavy (non-hydrogen) atoms. The van der Waals surface area contributed by atoms with E-state index in [2.05, 4.69) is 0 Å². The van der Waals surface area contributed by atoms with Gasteiger partial charge < -0.3 is 4.74 Å². The van der Waals surface area contributed by atoms with Crippen molar-refractivity contribution in [3.8, 4) is 5.75 Å². The quantitative estimate of drug-likeness (QED) is 0.571. The summed E-state index contributed by atoms with van der Waals surface area (Å²) in [7, 11) is 0. The Balaban J connectivity index is 2.20. The maximum absolute atomic E-state index is 15.0. The predicted molar refractivity (Wildman–Crippen MR) is 60.4 cm³/mol. The van der Waals surface area contributed by atoms with E-state index in [1.54, 1.807) is 12.1 Å². The first-order chi connectivity index (χ1) is 8.62. The van der Waals surface area contributed by atoms with Crippen molar-refractivity contribution in [3.63, 3.8) is 0 Å². The number of hydrogen-bond donors (Lipinski definition) is 0. The fourth-order valence-electron chi connectivity index (χ4n) is 2.07. The molecular weight excluding hydrogens is 238 g/mol. The molecule has 0 spiro atoms. The van der Waals surface area contributed by atoms with Crippen molar-refractivity contribution in [2.45, 2.75) is 5.67 Å². The third-order valence-corrected chi connectivity index (χ3v) is 2.98. The van der Waals surface area contributed by atoms with E-state index < -0.39 is 17.5 Å². The molecule has 2 aromatic carbocycles. The molecule has 2 aromatic rings. The van der Waals surface area contributed by atoms with Crippen LogP contribution in [0.5, 0.6) is 5.75 Å². The highest BCUT2D eigenvalue weighted by Crippen LogP contribution is 2.45. The zero-order valence-electron chi connectivity index (χ0n) is 9.19. The van der Waals surface area contributed by atoms with Crippen LogP contribution in [0, 0.1) is 5.82 Å². The van der Waals surface area contributed by atoms with Crippen molar-refractivity contribution in [2.75, 3.05) is 0 Å². The lowest BCUT2D eigenvalue weighted by Crippen LogP contribution is -2.29. The lowest BCUT2D eigenvalue weighted by atomic mass is 9.89. The van der Waals surface area contributed by atoms with Gasteiger partial charge in [-0.1, -0.05) is 30.3 Å². The second-order valence-electron chi connectivity index (χ2n) is 4.05. The van der Waals surface area contributed by atoms with Crippen LogP contribution in [0.2, 0.25) is 0 Å². The minimum Gasteiger partial charge on any atom is -0.423 e. The number of ether oxygens (including phenoxy) is 1. The van der Waals surface area contributed by atoms with Gasteiger partial charge in [0.25, 0.3) is 5.67 Å². The number of benzene rings is 2. The van der Waals surface area contributed by atoms with Crippen molar-refractivity contribution >= 4 is 5.97 Å². The summed E-state index contributed by atoms with van der Waals surface area (Å²) in [6.45, 7) is 0. The number of halogens is 2. The van der Waals surface area contributed by atoms with Crippen molar-refractivity contribution < 1.29 is 18.3 Å². The van der Waals surface area contributed by atoms with E-state index in [1.165, 1.54) is 24.3 Å². The molecule has 1 atom stereocenters. The van der Waals surface area contributed by atoms with Gasteiger partial charge in [0.15, 0.2) is 0 Å². The van der Waals surface area contributed by atoms with Crippen LogP contribution in [0.1, 0.15) is 11.1 Å². The molecule has 0 amide bonds. The van der Waals surface area contributed by atoms with Gasteiger partial charge in [-0.2, -0.15) is 0 Å². The normalized spacial score (nSPS) is 21.6. The van der Waals surface area contributed by atoms with Crippen molar-refractivity contribution in [3.05, 3.63) is 65.5 Å². The second kappa shape index (κ2) is 3.63. The van der Waals surface area contributed by atoms with Crippen LogP contribution in [0.15, 0.2) is 48.5 Å². The minimum atomic E-state index is -2.36. The summed E-state index contributed by atoms with van der Waals surface area (Å²) in [5, 5.41) is 0. The van der Waals surface area contributed by atoms with Gasteiger partial charge in [-0.3, -0.25) is 0 Å². The van der Waals surface area contributed by atoms with Crippen LogP contribution in [-0.2, 0) is 10.5 Å². The molecule has 1 heterocycles. The van der Waals surface area contributed by atoms with Crippen molar-refractivity contribution in [1.82, 2.24) is 0 Å². The summed E-state index contributed by atoms with van der Waals surface area (Å²) in [6, 6.07) is 11.0. The Kier molecular flexibility index (Phi) is 2.20. The molecule has 1 aliphatic rings. The van der Waals surface area contributed by atoms with Gasteiger partial charge in [0.2, 0.25) is 0 Å². The summed E-state index contributed by atoms with van der Waals surface area (Å²) < 4.78 is 32.7. The van der Waals surface area contributed by atoms with Crippen LogP contribution in [0.4, 0.5) is 8.78 Å². The Morgan fingerprint density at radius 2 is 1.67 bits per heavy atom. The fourth-order valence-corrected chi connectivity index (χ4v) is 2.07. The van der Waals surface area contributed by atoms with Gasteiger partial charge in [-0.25, -0.2) is 13.6 Å². The minimum absolute atomic E-state index is 0.0684. The second-order valence-corrected chi connectivity index (χ2v) is 4.05. The number of carbonyl (C=O) groups excluding carboxylic acids is 1. The first kappa shape index (κ1) is 10.9. The molecule has 2 nitrogen and oxygen atoms in total. The monoisotopic (exact) mass is 246 g/mol. The van der Waals surface area contributed by atoms with E-state index in [0.29, 0.717) is 0 Å². The SMILES string of the molecule is O=C1Oc2ccccc2C1(F)c1ccc(F)cc1. The lowest BCUT2D eigenvalue weighted by molar-refractivity contribution is -0.142. The highest BCUT2D eigenvalue weighted by Gasteiger charge is 2.51. The molecule has 90 valence electrons. The zero-order valence-corrected chi connectivity index (χ0v) is 9.19. The van der Waals surface area contributed by atoms with Gasteiger partial charge in [-0.15, -0.1) is 0 Å². The first-order valence-electron chi connectivity index (χ1n) is 5.39. The molecule has 0 aliphatic carbocycles. The number of alkyl halides is 1. The molecule has 0 saturated carbocycles. The van der Waals surface area contributed by atoms with Crippen LogP contribution in [0.3, 0.4) is 0 Å². The summed E-state index contributed by atoms with van der Waals surface area (Å²) in [5.41, 5.74) is -2.13. The number of carbonyl (C=O) groups is 1. The predicted octanol–water partition coefficient (Wildman–Crippen LogP) is 2.96. The third kappa shape index (κ3) is 1.35. The molecule has 4 heteroatoms. The van der Waals surface area contributed by atoms with E-state index in [0.717, 1.165) is 12.1 Å². The Morgan fingerprint density at radius 3 is 2.39 bits per heavy atom. The Hall–Kier alpha value is -2.23. The summed E-state index contributed by atoms with van der Waals surface area (Å²) in [5.74, 6) is -1.27. The van der Waals surface area contributed by atoms with Crippen LogP contribution in [-0.4, -0.2) is 5.97 Å². The number of fused-ring (bicyclic) bond motifs is 1. The van der Waals surface area contributed by atoms with Crippen molar-refractivity contribution in [2.24, 2.45) is 0 Å². The molecule has 1 aliphatic heterocycles. The molecule has 0 fully saturated rings. The topological polar surface area (TPSA) is 26.3 Å². The van der Waals surface area contributed by atoms with Gasteiger partial charge in [0, 0.05) is 11.1 Å². The maximum Gasteiger partial charge on any atom is 0.358 e. The van der Waals surface area contributed by atoms with Gasteiger partial charge in [0.1, 0.15) is 11.6 Å². The van der Waals surface area contributed by atoms with Crippen LogP contribution in [0.25, 0.3) is 0 Å². The standard InChI is InChI=1S/C14H8F2O2/c15-10-7-5-9(6-8-10)14(16)11-3-1-2-4-12(11)18-13(14)17/h1-8H. The van der Waals surface area contributed by atoms with E-state index in [1.807, 2.05) is 0 Å². The lowest BCUT2D eigenvalue weighted by Gasteiger charge is -2.16. The van der Waals surface area contributed by atoms with Gasteiger partial charge in [0.05, 0.1) is 0 Å². The number of para-hydroxylation sites is 1. The number of hydrogen-bond acceptors (Lipinski definition) is 2. The van der Waals surface area contributed by atoms with E-state index in [4.69, 9.17) is 4.74 Å². The van der Waals surface area contributed by atoms with Crippen LogP contribution < -0.4 is 4.74 Å². The van der Waals surface area contributed by atoms with Gasteiger partial charge in [-0.05, 0) is 18.2 Å². The Morgan fingerprint density at radius 1 is 1.00 bits per heavy atom. The number of esters is 1. The molecule has 0 N–H and O–H groups in total. The average Bonchev–Trinajstić information content (AvgIpc) is 2.64. The van der Waals surface area contributed by atoms with E-state index >= 15 is 0 Å². The Bertz CT molecular complexity index is 622. The average molecular weight is 246 g/mol. The molecule has 0 radical (unpaired) electrons. The van der Waals surface area contributed by atoms with E-state index in [9.17, 15) is 13.6 Å². The largest absolute Gasteiger partial charge is 0.423 e.